The Morgan fingerprint density at radius 1 is 1.06 bits per heavy atom. The van der Waals surface area contributed by atoms with Crippen LogP contribution in [0.1, 0.15) is 29.9 Å². The smallest absolute Gasteiger partial charge is 0.223 e. The number of hydrogen-bond donors (Lipinski definition) is 1. The Hall–Kier alpha value is -2.72. The molecule has 2 heterocycles. The molecular formula is C28H34N4O2. The van der Waals surface area contributed by atoms with Gasteiger partial charge in [-0.1, -0.05) is 48.5 Å². The minimum absolute atomic E-state index is 0.0739. The Morgan fingerprint density at radius 2 is 1.68 bits per heavy atom. The molecule has 1 spiro atoms. The summed E-state index contributed by atoms with van der Waals surface area (Å²) in [5.41, 5.74) is 4.87. The van der Waals surface area contributed by atoms with E-state index in [-0.39, 0.29) is 23.2 Å². The van der Waals surface area contributed by atoms with Gasteiger partial charge in [-0.25, -0.2) is 0 Å². The summed E-state index contributed by atoms with van der Waals surface area (Å²) in [7, 11) is 2.18. The van der Waals surface area contributed by atoms with Gasteiger partial charge in [0.15, 0.2) is 0 Å². The van der Waals surface area contributed by atoms with E-state index in [1.54, 1.807) is 0 Å². The number of hydrogen-bond acceptors (Lipinski definition) is 5. The standard InChI is InChI=1S/C28H34N4O2/c1-31-10-12-32(13-11-31)18-21-2-4-22(5-3-21)23-6-8-24(9-7-23)26(16-29)17-30-27(33)25-14-28(15-25)19-34-20-28/h2-9,25-26H,10-15,17-20H2,1H3,(H,30,33)/t26-/m1/s1. The summed E-state index contributed by atoms with van der Waals surface area (Å²) in [5, 5.41) is 12.7. The molecule has 0 unspecified atom stereocenters. The van der Waals surface area contributed by atoms with Crippen molar-refractivity contribution < 1.29 is 9.53 Å². The lowest BCUT2D eigenvalue weighted by Gasteiger charge is -2.52. The van der Waals surface area contributed by atoms with E-state index in [2.05, 4.69) is 64.6 Å². The van der Waals surface area contributed by atoms with E-state index in [0.29, 0.717) is 6.54 Å². The highest BCUT2D eigenvalue weighted by atomic mass is 16.5. The molecule has 1 saturated carbocycles. The largest absolute Gasteiger partial charge is 0.380 e. The summed E-state index contributed by atoms with van der Waals surface area (Å²) in [4.78, 5) is 17.3. The lowest BCUT2D eigenvalue weighted by Crippen LogP contribution is -2.56. The third kappa shape index (κ3) is 5.02. The number of piperazine rings is 1. The van der Waals surface area contributed by atoms with Crippen LogP contribution < -0.4 is 5.32 Å². The maximum absolute atomic E-state index is 12.4. The number of likely N-dealkylation sites (N-methyl/N-ethyl adjacent to an activating group) is 1. The molecule has 2 saturated heterocycles. The van der Waals surface area contributed by atoms with E-state index in [9.17, 15) is 10.1 Å². The topological polar surface area (TPSA) is 68.6 Å². The molecule has 1 aliphatic carbocycles. The van der Waals surface area contributed by atoms with Crippen LogP contribution in [0.2, 0.25) is 0 Å². The first-order valence-electron chi connectivity index (χ1n) is 12.4. The van der Waals surface area contributed by atoms with Crippen molar-refractivity contribution in [2.45, 2.75) is 25.3 Å². The number of nitriles is 1. The average Bonchev–Trinajstić information content (AvgIpc) is 2.80. The van der Waals surface area contributed by atoms with Gasteiger partial charge in [0, 0.05) is 50.6 Å². The Labute approximate surface area is 202 Å². The van der Waals surface area contributed by atoms with Gasteiger partial charge in [0.25, 0.3) is 0 Å². The predicted octanol–water partition coefficient (Wildman–Crippen LogP) is 3.25. The van der Waals surface area contributed by atoms with Crippen LogP contribution in [0.15, 0.2) is 48.5 Å². The quantitative estimate of drug-likeness (QED) is 0.690. The lowest BCUT2D eigenvalue weighted by atomic mass is 9.60. The summed E-state index contributed by atoms with van der Waals surface area (Å²) in [5.74, 6) is -0.194. The van der Waals surface area contributed by atoms with Gasteiger partial charge >= 0.3 is 0 Å². The Morgan fingerprint density at radius 3 is 2.24 bits per heavy atom. The zero-order chi connectivity index (χ0) is 23.5. The zero-order valence-electron chi connectivity index (χ0n) is 20.0. The Balaban J connectivity index is 1.13. The van der Waals surface area contributed by atoms with Gasteiger partial charge in [-0.05, 0) is 42.1 Å². The highest BCUT2D eigenvalue weighted by molar-refractivity contribution is 5.80. The minimum atomic E-state index is -0.343. The summed E-state index contributed by atoms with van der Waals surface area (Å²) in [6, 6.07) is 19.3. The summed E-state index contributed by atoms with van der Waals surface area (Å²) in [6.45, 7) is 7.45. The third-order valence-electron chi connectivity index (χ3n) is 7.78. The summed E-state index contributed by atoms with van der Waals surface area (Å²) in [6.07, 6.45) is 1.83. The van der Waals surface area contributed by atoms with Crippen molar-refractivity contribution in [3.05, 3.63) is 59.7 Å². The second-order valence-electron chi connectivity index (χ2n) is 10.4. The molecule has 0 aromatic heterocycles. The van der Waals surface area contributed by atoms with Crippen LogP contribution in [0.5, 0.6) is 0 Å². The molecule has 2 aromatic carbocycles. The second-order valence-corrected chi connectivity index (χ2v) is 10.4. The van der Waals surface area contributed by atoms with E-state index in [1.165, 1.54) is 11.1 Å². The monoisotopic (exact) mass is 458 g/mol. The summed E-state index contributed by atoms with van der Waals surface area (Å²) < 4.78 is 5.28. The number of rotatable bonds is 7. The van der Waals surface area contributed by atoms with Crippen molar-refractivity contribution in [2.75, 3.05) is 53.0 Å². The highest BCUT2D eigenvalue weighted by Gasteiger charge is 2.52. The fraction of sp³-hybridized carbons (Fsp3) is 0.500. The van der Waals surface area contributed by atoms with Crippen LogP contribution in [0.25, 0.3) is 11.1 Å². The number of carbonyl (C=O) groups is 1. The van der Waals surface area contributed by atoms with E-state index in [1.807, 2.05) is 12.1 Å². The van der Waals surface area contributed by atoms with Gasteiger partial charge < -0.3 is 15.0 Å². The average molecular weight is 459 g/mol. The van der Waals surface area contributed by atoms with Gasteiger partial charge in [-0.3, -0.25) is 9.69 Å². The number of benzene rings is 2. The molecule has 1 amide bonds. The Kier molecular flexibility index (Phi) is 6.69. The molecule has 3 fully saturated rings. The van der Waals surface area contributed by atoms with Crippen LogP contribution in [0.3, 0.4) is 0 Å². The normalized spacial score (nSPS) is 21.3. The van der Waals surface area contributed by atoms with Crippen LogP contribution in [0, 0.1) is 22.7 Å². The highest BCUT2D eigenvalue weighted by Crippen LogP contribution is 2.50. The summed E-state index contributed by atoms with van der Waals surface area (Å²) >= 11 is 0. The molecule has 6 nitrogen and oxygen atoms in total. The van der Waals surface area contributed by atoms with Gasteiger partial charge in [0.1, 0.15) is 0 Å². The first-order chi connectivity index (χ1) is 16.5. The first kappa shape index (κ1) is 23.0. The molecule has 34 heavy (non-hydrogen) atoms. The van der Waals surface area contributed by atoms with E-state index in [0.717, 1.165) is 69.9 Å². The van der Waals surface area contributed by atoms with E-state index in [4.69, 9.17) is 4.74 Å². The van der Waals surface area contributed by atoms with Crippen LogP contribution in [0.4, 0.5) is 0 Å². The molecule has 0 radical (unpaired) electrons. The van der Waals surface area contributed by atoms with Crippen molar-refractivity contribution >= 4 is 5.91 Å². The fourth-order valence-electron chi connectivity index (χ4n) is 5.36. The van der Waals surface area contributed by atoms with Gasteiger partial charge in [-0.15, -0.1) is 0 Å². The molecule has 2 aromatic rings. The van der Waals surface area contributed by atoms with Gasteiger partial charge in [0.2, 0.25) is 5.91 Å². The van der Waals surface area contributed by atoms with Gasteiger partial charge in [0.05, 0.1) is 25.2 Å². The lowest BCUT2D eigenvalue weighted by molar-refractivity contribution is -0.183. The first-order valence-corrected chi connectivity index (χ1v) is 12.4. The maximum atomic E-state index is 12.4. The molecule has 3 aliphatic rings. The molecule has 5 rings (SSSR count). The molecule has 6 heteroatoms. The molecule has 1 N–H and O–H groups in total. The molecule has 0 bridgehead atoms. The van der Waals surface area contributed by atoms with Crippen LogP contribution in [-0.4, -0.2) is 68.7 Å². The third-order valence-corrected chi connectivity index (χ3v) is 7.78. The van der Waals surface area contributed by atoms with Crippen molar-refractivity contribution in [2.24, 2.45) is 11.3 Å². The maximum Gasteiger partial charge on any atom is 0.223 e. The van der Waals surface area contributed by atoms with Crippen molar-refractivity contribution in [1.82, 2.24) is 15.1 Å². The molecular weight excluding hydrogens is 424 g/mol. The Bertz CT molecular complexity index is 1020. The number of amides is 1. The SMILES string of the molecule is CN1CCN(Cc2ccc(-c3ccc([C@H](C#N)CNC(=O)C4CC5(COC5)C4)cc3)cc2)CC1. The molecule has 178 valence electrons. The van der Waals surface area contributed by atoms with E-state index < -0.39 is 0 Å². The van der Waals surface area contributed by atoms with Gasteiger partial charge in [-0.2, -0.15) is 5.26 Å². The second kappa shape index (κ2) is 9.87. The van der Waals surface area contributed by atoms with Crippen molar-refractivity contribution in [3.8, 4) is 17.2 Å². The van der Waals surface area contributed by atoms with E-state index >= 15 is 0 Å². The molecule has 2 aliphatic heterocycles. The fourth-order valence-corrected chi connectivity index (χ4v) is 5.36. The number of nitrogens with one attached hydrogen (secondary N) is 1. The van der Waals surface area contributed by atoms with Crippen LogP contribution >= 0.6 is 0 Å². The number of carbonyl (C=O) groups excluding carboxylic acids is 1. The van der Waals surface area contributed by atoms with Crippen molar-refractivity contribution in [1.29, 1.82) is 5.26 Å². The van der Waals surface area contributed by atoms with Crippen LogP contribution in [-0.2, 0) is 16.1 Å². The number of ether oxygens (including phenoxy) is 1. The zero-order valence-corrected chi connectivity index (χ0v) is 20.0. The minimum Gasteiger partial charge on any atom is -0.380 e. The van der Waals surface area contributed by atoms with Crippen molar-refractivity contribution in [3.63, 3.8) is 0 Å². The number of nitrogens with zero attached hydrogens (tertiary/aromatic N) is 3. The predicted molar refractivity (Wildman–Crippen MR) is 132 cm³/mol. The molecule has 1 atom stereocenters.